The highest BCUT2D eigenvalue weighted by Crippen LogP contribution is 2.46. The van der Waals surface area contributed by atoms with Gasteiger partial charge in [-0.05, 0) is 55.3 Å². The summed E-state index contributed by atoms with van der Waals surface area (Å²) in [6, 6.07) is 17.7. The minimum absolute atomic E-state index is 0.000625. The van der Waals surface area contributed by atoms with Crippen LogP contribution in [0.5, 0.6) is 5.75 Å². The van der Waals surface area contributed by atoms with E-state index in [-0.39, 0.29) is 16.9 Å². The van der Waals surface area contributed by atoms with Crippen molar-refractivity contribution in [3.8, 4) is 5.75 Å². The van der Waals surface area contributed by atoms with Crippen LogP contribution in [0.3, 0.4) is 0 Å². The zero-order valence-corrected chi connectivity index (χ0v) is 20.1. The number of fused-ring (bicyclic) bond motifs is 1. The molecule has 2 heterocycles. The van der Waals surface area contributed by atoms with Crippen LogP contribution in [0.4, 0.5) is 10.1 Å². The molecule has 0 saturated carbocycles. The number of para-hydroxylation sites is 1. The van der Waals surface area contributed by atoms with Gasteiger partial charge in [-0.15, -0.1) is 0 Å². The maximum Gasteiger partial charge on any atom is 0.300 e. The van der Waals surface area contributed by atoms with Crippen molar-refractivity contribution in [2.75, 3.05) is 12.0 Å². The Morgan fingerprint density at radius 2 is 1.81 bits per heavy atom. The van der Waals surface area contributed by atoms with Crippen LogP contribution in [0, 0.1) is 12.7 Å². The number of aliphatic hydroxyl groups excluding tert-OH is 1. The first-order valence-electron chi connectivity index (χ1n) is 11.7. The zero-order chi connectivity index (χ0) is 25.6. The van der Waals surface area contributed by atoms with Crippen LogP contribution >= 0.6 is 0 Å². The molecule has 2 N–H and O–H groups in total. The van der Waals surface area contributed by atoms with Gasteiger partial charge in [0.05, 0.1) is 24.3 Å². The van der Waals surface area contributed by atoms with Gasteiger partial charge in [0.2, 0.25) is 0 Å². The maximum absolute atomic E-state index is 14.2. The Balaban J connectivity index is 1.82. The molecule has 0 bridgehead atoms. The average molecular weight is 485 g/mol. The number of carbonyl (C=O) groups excluding carboxylic acids is 2. The number of nitrogens with one attached hydrogen (secondary N) is 1. The van der Waals surface area contributed by atoms with Gasteiger partial charge >= 0.3 is 0 Å². The molecule has 1 atom stereocenters. The fourth-order valence-corrected chi connectivity index (χ4v) is 4.93. The van der Waals surface area contributed by atoms with Crippen molar-refractivity contribution in [1.82, 2.24) is 4.98 Å². The first-order valence-corrected chi connectivity index (χ1v) is 11.7. The molecular formula is C29H25FN2O4. The number of amides is 1. The number of aromatic amines is 1. The SMILES string of the molecule is CCc1ccc(N2C(=O)C(=O)/C(=C(/O)c3cc(F)ccc3OC)C2c2c(C)[nH]c3ccccc23)cc1. The fourth-order valence-electron chi connectivity index (χ4n) is 4.93. The van der Waals surface area contributed by atoms with E-state index in [2.05, 4.69) is 4.98 Å². The number of methoxy groups -OCH3 is 1. The van der Waals surface area contributed by atoms with Crippen molar-refractivity contribution in [3.05, 3.63) is 101 Å². The molecule has 1 saturated heterocycles. The Hall–Kier alpha value is -4.39. The number of carbonyl (C=O) groups is 2. The molecule has 182 valence electrons. The second kappa shape index (κ2) is 9.00. The maximum atomic E-state index is 14.2. The predicted molar refractivity (Wildman–Crippen MR) is 137 cm³/mol. The average Bonchev–Trinajstić information content (AvgIpc) is 3.35. The quantitative estimate of drug-likeness (QED) is 0.213. The molecule has 0 spiro atoms. The first-order chi connectivity index (χ1) is 17.3. The van der Waals surface area contributed by atoms with Crippen LogP contribution in [0.2, 0.25) is 0 Å². The van der Waals surface area contributed by atoms with Gasteiger partial charge in [-0.25, -0.2) is 4.39 Å². The van der Waals surface area contributed by atoms with Crippen molar-refractivity contribution < 1.29 is 23.8 Å². The largest absolute Gasteiger partial charge is 0.507 e. The molecule has 0 aliphatic carbocycles. The molecule has 1 aromatic heterocycles. The summed E-state index contributed by atoms with van der Waals surface area (Å²) in [6.07, 6.45) is 0.823. The third-order valence-corrected chi connectivity index (χ3v) is 6.70. The van der Waals surface area contributed by atoms with Crippen molar-refractivity contribution in [2.24, 2.45) is 0 Å². The third-order valence-electron chi connectivity index (χ3n) is 6.70. The molecule has 7 heteroatoms. The first kappa shape index (κ1) is 23.4. The normalized spacial score (nSPS) is 17.2. The van der Waals surface area contributed by atoms with E-state index in [9.17, 15) is 19.1 Å². The Morgan fingerprint density at radius 3 is 2.50 bits per heavy atom. The van der Waals surface area contributed by atoms with Crippen molar-refractivity contribution in [1.29, 1.82) is 0 Å². The van der Waals surface area contributed by atoms with Gasteiger partial charge in [-0.1, -0.05) is 37.3 Å². The second-order valence-electron chi connectivity index (χ2n) is 8.74. The van der Waals surface area contributed by atoms with Gasteiger partial charge in [-0.2, -0.15) is 0 Å². The van der Waals surface area contributed by atoms with Gasteiger partial charge in [-0.3, -0.25) is 14.5 Å². The van der Waals surface area contributed by atoms with Crippen LogP contribution in [0.15, 0.2) is 72.3 Å². The summed E-state index contributed by atoms with van der Waals surface area (Å²) in [4.78, 5) is 31.7. The lowest BCUT2D eigenvalue weighted by molar-refractivity contribution is -0.132. The molecular weight excluding hydrogens is 459 g/mol. The fraction of sp³-hybridized carbons (Fsp3) is 0.172. The Labute approximate surface area is 207 Å². The van der Waals surface area contributed by atoms with Crippen molar-refractivity contribution >= 4 is 34.0 Å². The Kier molecular flexibility index (Phi) is 5.84. The van der Waals surface area contributed by atoms with Crippen molar-refractivity contribution in [3.63, 3.8) is 0 Å². The number of aromatic nitrogens is 1. The minimum Gasteiger partial charge on any atom is -0.507 e. The number of halogens is 1. The number of aryl methyl sites for hydroxylation is 2. The molecule has 5 rings (SSSR count). The predicted octanol–water partition coefficient (Wildman–Crippen LogP) is 5.81. The molecule has 4 aromatic rings. The molecule has 1 aliphatic rings. The summed E-state index contributed by atoms with van der Waals surface area (Å²) >= 11 is 0. The zero-order valence-electron chi connectivity index (χ0n) is 20.1. The summed E-state index contributed by atoms with van der Waals surface area (Å²) in [5.41, 5.74) is 3.74. The summed E-state index contributed by atoms with van der Waals surface area (Å²) in [7, 11) is 1.39. The second-order valence-corrected chi connectivity index (χ2v) is 8.74. The van der Waals surface area contributed by atoms with Crippen LogP contribution in [-0.4, -0.2) is 28.9 Å². The standard InChI is InChI=1S/C29H25FN2O4/c1-4-17-9-12-19(13-10-17)32-26(24-16(2)31-22-8-6-5-7-20(22)24)25(28(34)29(32)35)27(33)21-15-18(30)11-14-23(21)36-3/h5-15,26,31,33H,4H2,1-3H3/b27-25+. The molecule has 1 aliphatic heterocycles. The molecule has 1 unspecified atom stereocenters. The Bertz CT molecular complexity index is 1530. The minimum atomic E-state index is -0.943. The number of anilines is 1. The highest BCUT2D eigenvalue weighted by molar-refractivity contribution is 6.52. The van der Waals surface area contributed by atoms with E-state index < -0.39 is 29.3 Å². The van der Waals surface area contributed by atoms with Gasteiger partial charge in [0.1, 0.15) is 17.3 Å². The van der Waals surface area contributed by atoms with Gasteiger partial charge in [0.25, 0.3) is 11.7 Å². The van der Waals surface area contributed by atoms with Gasteiger partial charge in [0, 0.05) is 27.8 Å². The monoisotopic (exact) mass is 484 g/mol. The summed E-state index contributed by atoms with van der Waals surface area (Å²) in [5.74, 6) is -2.55. The van der Waals surface area contributed by atoms with E-state index in [1.165, 1.54) is 24.1 Å². The molecule has 1 fully saturated rings. The number of hydrogen-bond donors (Lipinski definition) is 2. The molecule has 6 nitrogen and oxygen atoms in total. The summed E-state index contributed by atoms with van der Waals surface area (Å²) in [6.45, 7) is 3.89. The lowest BCUT2D eigenvalue weighted by atomic mass is 9.93. The Morgan fingerprint density at radius 1 is 1.08 bits per heavy atom. The van der Waals surface area contributed by atoms with Gasteiger partial charge in [0.15, 0.2) is 0 Å². The highest BCUT2D eigenvalue weighted by Gasteiger charge is 2.48. The molecule has 3 aromatic carbocycles. The molecule has 1 amide bonds. The number of ketones is 1. The number of benzene rings is 3. The third kappa shape index (κ3) is 3.64. The number of Topliss-reactive ketones (excluding diaryl/α,β-unsaturated/α-hetero) is 1. The molecule has 36 heavy (non-hydrogen) atoms. The number of rotatable bonds is 5. The number of aliphatic hydroxyl groups is 1. The lowest BCUT2D eigenvalue weighted by Crippen LogP contribution is -2.29. The van der Waals surface area contributed by atoms with Gasteiger partial charge < -0.3 is 14.8 Å². The van der Waals surface area contributed by atoms with E-state index in [4.69, 9.17) is 4.74 Å². The lowest BCUT2D eigenvalue weighted by Gasteiger charge is -2.26. The molecule has 0 radical (unpaired) electrons. The summed E-state index contributed by atoms with van der Waals surface area (Å²) < 4.78 is 19.5. The number of ether oxygens (including phenoxy) is 1. The van der Waals surface area contributed by atoms with E-state index in [1.807, 2.05) is 50.2 Å². The van der Waals surface area contributed by atoms with E-state index >= 15 is 0 Å². The smallest absolute Gasteiger partial charge is 0.300 e. The number of hydrogen-bond acceptors (Lipinski definition) is 4. The van der Waals surface area contributed by atoms with Crippen LogP contribution in [0.1, 0.15) is 35.3 Å². The van der Waals surface area contributed by atoms with Crippen LogP contribution < -0.4 is 9.64 Å². The van der Waals surface area contributed by atoms with Crippen LogP contribution in [-0.2, 0) is 16.0 Å². The van der Waals surface area contributed by atoms with E-state index in [0.717, 1.165) is 34.6 Å². The number of nitrogens with zero attached hydrogens (tertiary/aromatic N) is 1. The summed E-state index contributed by atoms with van der Waals surface area (Å²) in [5, 5.41) is 12.3. The topological polar surface area (TPSA) is 82.6 Å². The van der Waals surface area contributed by atoms with E-state index in [1.54, 1.807) is 12.1 Å². The number of H-pyrrole nitrogens is 1. The highest BCUT2D eigenvalue weighted by atomic mass is 19.1. The van der Waals surface area contributed by atoms with Crippen LogP contribution in [0.25, 0.3) is 16.7 Å². The van der Waals surface area contributed by atoms with E-state index in [0.29, 0.717) is 11.3 Å². The van der Waals surface area contributed by atoms with Crippen molar-refractivity contribution in [2.45, 2.75) is 26.3 Å².